The molecule has 0 atom stereocenters. The van der Waals surface area contributed by atoms with Gasteiger partial charge in [-0.2, -0.15) is 17.4 Å². The molecule has 0 heterocycles. The lowest BCUT2D eigenvalue weighted by Gasteiger charge is -2.18. The summed E-state index contributed by atoms with van der Waals surface area (Å²) in [7, 11) is 0.0451. The topological polar surface area (TPSA) is 61.4 Å². The minimum atomic E-state index is -3.40. The Balaban J connectivity index is 2.53. The fourth-order valence-corrected chi connectivity index (χ4v) is 2.61. The monoisotopic (exact) mass is 285 g/mol. The molecule has 108 valence electrons. The lowest BCUT2D eigenvalue weighted by atomic mass is 10.1. The minimum Gasteiger partial charge on any atom is -0.320 e. The van der Waals surface area contributed by atoms with Crippen molar-refractivity contribution in [1.82, 2.24) is 14.3 Å². The van der Waals surface area contributed by atoms with Crippen LogP contribution in [0.3, 0.4) is 0 Å². The van der Waals surface area contributed by atoms with E-state index in [0.717, 1.165) is 24.1 Å². The third-order valence-corrected chi connectivity index (χ3v) is 4.53. The Bertz CT molecular complexity index is 488. The normalized spacial score (nSPS) is 12.0. The second-order valence-electron chi connectivity index (χ2n) is 4.53. The summed E-state index contributed by atoms with van der Waals surface area (Å²) in [4.78, 5) is 0. The zero-order valence-corrected chi connectivity index (χ0v) is 12.6. The molecule has 0 aliphatic heterocycles. The Morgan fingerprint density at radius 1 is 1.26 bits per heavy atom. The minimum absolute atomic E-state index is 0.325. The Hall–Kier alpha value is -0.950. The van der Waals surface area contributed by atoms with Gasteiger partial charge in [0, 0.05) is 20.1 Å². The molecule has 1 aromatic rings. The summed E-state index contributed by atoms with van der Waals surface area (Å²) >= 11 is 0. The smallest absolute Gasteiger partial charge is 0.279 e. The fraction of sp³-hybridized carbons (Fsp3) is 0.538. The molecule has 0 bridgehead atoms. The maximum Gasteiger partial charge on any atom is 0.279 e. The second-order valence-corrected chi connectivity index (χ2v) is 6.39. The molecule has 0 unspecified atom stereocenters. The number of nitrogens with zero attached hydrogens (tertiary/aromatic N) is 1. The van der Waals surface area contributed by atoms with Crippen molar-refractivity contribution in [2.75, 3.05) is 27.2 Å². The van der Waals surface area contributed by atoms with E-state index in [9.17, 15) is 8.42 Å². The predicted molar refractivity (Wildman–Crippen MR) is 78.1 cm³/mol. The quantitative estimate of drug-likeness (QED) is 0.697. The SMILES string of the molecule is CNCCCN(C)S(=O)(=O)NCc1ccccc1C. The highest BCUT2D eigenvalue weighted by atomic mass is 32.2. The second kappa shape index (κ2) is 7.59. The van der Waals surface area contributed by atoms with Gasteiger partial charge in [-0.15, -0.1) is 0 Å². The Kier molecular flexibility index (Phi) is 6.44. The first-order chi connectivity index (χ1) is 8.97. The van der Waals surface area contributed by atoms with Gasteiger partial charge in [0.2, 0.25) is 0 Å². The summed E-state index contributed by atoms with van der Waals surface area (Å²) in [6.45, 7) is 3.60. The molecule has 0 aromatic heterocycles. The van der Waals surface area contributed by atoms with Crippen molar-refractivity contribution in [3.05, 3.63) is 35.4 Å². The standard InChI is InChI=1S/C13H23N3O2S/c1-12-7-4-5-8-13(12)11-15-19(17,18)16(3)10-6-9-14-2/h4-5,7-8,14-15H,6,9-11H2,1-3H3. The van der Waals surface area contributed by atoms with E-state index in [-0.39, 0.29) is 0 Å². The fourth-order valence-electron chi connectivity index (χ4n) is 1.69. The van der Waals surface area contributed by atoms with E-state index < -0.39 is 10.2 Å². The molecular formula is C13H23N3O2S. The van der Waals surface area contributed by atoms with E-state index in [2.05, 4.69) is 10.0 Å². The van der Waals surface area contributed by atoms with Crippen LogP contribution in [0.1, 0.15) is 17.5 Å². The zero-order valence-electron chi connectivity index (χ0n) is 11.8. The Labute approximate surface area is 116 Å². The first kappa shape index (κ1) is 16.1. The first-order valence-corrected chi connectivity index (χ1v) is 7.81. The molecule has 0 fully saturated rings. The van der Waals surface area contributed by atoms with Crippen LogP contribution >= 0.6 is 0 Å². The van der Waals surface area contributed by atoms with Crippen LogP contribution < -0.4 is 10.0 Å². The average Bonchev–Trinajstić information content (AvgIpc) is 2.38. The van der Waals surface area contributed by atoms with Gasteiger partial charge in [-0.25, -0.2) is 0 Å². The summed E-state index contributed by atoms with van der Waals surface area (Å²) in [5.41, 5.74) is 2.08. The van der Waals surface area contributed by atoms with Crippen LogP contribution in [0, 0.1) is 6.92 Å². The van der Waals surface area contributed by atoms with Gasteiger partial charge in [0.1, 0.15) is 0 Å². The maximum atomic E-state index is 12.0. The summed E-state index contributed by atoms with van der Waals surface area (Å²) in [6, 6.07) is 7.75. The van der Waals surface area contributed by atoms with Crippen molar-refractivity contribution in [1.29, 1.82) is 0 Å². The summed E-state index contributed by atoms with van der Waals surface area (Å²) in [5.74, 6) is 0. The summed E-state index contributed by atoms with van der Waals surface area (Å²) in [5, 5.41) is 3.00. The van der Waals surface area contributed by atoms with Gasteiger partial charge in [-0.3, -0.25) is 0 Å². The van der Waals surface area contributed by atoms with Crippen LogP contribution in [0.5, 0.6) is 0 Å². The van der Waals surface area contributed by atoms with Crippen LogP contribution in [-0.4, -0.2) is 39.9 Å². The number of aryl methyl sites for hydroxylation is 1. The van der Waals surface area contributed by atoms with Gasteiger partial charge in [0.15, 0.2) is 0 Å². The van der Waals surface area contributed by atoms with Crippen LogP contribution in [-0.2, 0) is 16.8 Å². The van der Waals surface area contributed by atoms with Crippen molar-refractivity contribution in [3.8, 4) is 0 Å². The van der Waals surface area contributed by atoms with Crippen molar-refractivity contribution in [3.63, 3.8) is 0 Å². The van der Waals surface area contributed by atoms with Gasteiger partial charge in [0.25, 0.3) is 10.2 Å². The van der Waals surface area contributed by atoms with Crippen molar-refractivity contribution < 1.29 is 8.42 Å². The molecule has 0 saturated carbocycles. The largest absolute Gasteiger partial charge is 0.320 e. The Morgan fingerprint density at radius 2 is 1.95 bits per heavy atom. The maximum absolute atomic E-state index is 12.0. The molecule has 0 aliphatic carbocycles. The number of hydrogen-bond donors (Lipinski definition) is 2. The van der Waals surface area contributed by atoms with Crippen LogP contribution in [0.2, 0.25) is 0 Å². The highest BCUT2D eigenvalue weighted by Crippen LogP contribution is 2.07. The molecule has 0 saturated heterocycles. The average molecular weight is 285 g/mol. The van der Waals surface area contributed by atoms with Crippen molar-refractivity contribution in [2.24, 2.45) is 0 Å². The zero-order chi connectivity index (χ0) is 14.3. The number of nitrogens with one attached hydrogen (secondary N) is 2. The molecule has 0 spiro atoms. The molecule has 2 N–H and O–H groups in total. The molecule has 19 heavy (non-hydrogen) atoms. The molecule has 0 aliphatic rings. The predicted octanol–water partition coefficient (Wildman–Crippen LogP) is 0.871. The highest BCUT2D eigenvalue weighted by molar-refractivity contribution is 7.87. The summed E-state index contributed by atoms with van der Waals surface area (Å²) in [6.07, 6.45) is 0.790. The first-order valence-electron chi connectivity index (χ1n) is 6.37. The number of hydrogen-bond acceptors (Lipinski definition) is 3. The number of benzene rings is 1. The van der Waals surface area contributed by atoms with Gasteiger partial charge in [-0.1, -0.05) is 24.3 Å². The molecule has 0 radical (unpaired) electrons. The van der Waals surface area contributed by atoms with Crippen molar-refractivity contribution in [2.45, 2.75) is 19.9 Å². The Morgan fingerprint density at radius 3 is 2.58 bits per heavy atom. The van der Waals surface area contributed by atoms with E-state index in [0.29, 0.717) is 13.1 Å². The van der Waals surface area contributed by atoms with E-state index in [1.807, 2.05) is 38.2 Å². The lowest BCUT2D eigenvalue weighted by molar-refractivity contribution is 0.447. The van der Waals surface area contributed by atoms with E-state index in [1.54, 1.807) is 7.05 Å². The van der Waals surface area contributed by atoms with Crippen LogP contribution in [0.25, 0.3) is 0 Å². The van der Waals surface area contributed by atoms with Gasteiger partial charge in [0.05, 0.1) is 0 Å². The molecular weight excluding hydrogens is 262 g/mol. The molecule has 1 rings (SSSR count). The van der Waals surface area contributed by atoms with E-state index in [4.69, 9.17) is 0 Å². The third kappa shape index (κ3) is 5.28. The third-order valence-electron chi connectivity index (χ3n) is 3.02. The highest BCUT2D eigenvalue weighted by Gasteiger charge is 2.16. The molecule has 1 aromatic carbocycles. The molecule has 0 amide bonds. The van der Waals surface area contributed by atoms with Gasteiger partial charge >= 0.3 is 0 Å². The van der Waals surface area contributed by atoms with Crippen LogP contribution in [0.15, 0.2) is 24.3 Å². The summed E-state index contributed by atoms with van der Waals surface area (Å²) < 4.78 is 28.0. The van der Waals surface area contributed by atoms with E-state index in [1.165, 1.54) is 4.31 Å². The molecule has 5 nitrogen and oxygen atoms in total. The van der Waals surface area contributed by atoms with Gasteiger partial charge in [-0.05, 0) is 38.1 Å². The molecule has 6 heteroatoms. The van der Waals surface area contributed by atoms with Crippen molar-refractivity contribution >= 4 is 10.2 Å². The lowest BCUT2D eigenvalue weighted by Crippen LogP contribution is -2.39. The number of rotatable bonds is 8. The van der Waals surface area contributed by atoms with Crippen LogP contribution in [0.4, 0.5) is 0 Å². The van der Waals surface area contributed by atoms with Gasteiger partial charge < -0.3 is 5.32 Å². The van der Waals surface area contributed by atoms with E-state index >= 15 is 0 Å².